The lowest BCUT2D eigenvalue weighted by Crippen LogP contribution is -2.32. The Bertz CT molecular complexity index is 1250. The maximum atomic E-state index is 13.1. The molecule has 0 N–H and O–H groups in total. The van der Waals surface area contributed by atoms with Crippen molar-refractivity contribution in [3.8, 4) is 0 Å². The molecule has 4 aromatic rings. The van der Waals surface area contributed by atoms with Gasteiger partial charge in [-0.2, -0.15) is 0 Å². The van der Waals surface area contributed by atoms with Crippen molar-refractivity contribution in [1.29, 1.82) is 0 Å². The van der Waals surface area contributed by atoms with Crippen LogP contribution in [0.4, 0.5) is 0 Å². The van der Waals surface area contributed by atoms with Gasteiger partial charge in [0.25, 0.3) is 0 Å². The van der Waals surface area contributed by atoms with Gasteiger partial charge in [-0.15, -0.1) is 0 Å². The molecule has 6 nitrogen and oxygen atoms in total. The van der Waals surface area contributed by atoms with Crippen molar-refractivity contribution in [2.24, 2.45) is 0 Å². The van der Waals surface area contributed by atoms with Gasteiger partial charge < -0.3 is 9.80 Å². The van der Waals surface area contributed by atoms with E-state index in [1.54, 1.807) is 0 Å². The van der Waals surface area contributed by atoms with Gasteiger partial charge in [0.15, 0.2) is 0 Å². The van der Waals surface area contributed by atoms with Crippen molar-refractivity contribution in [2.45, 2.75) is 37.0 Å². The fourth-order valence-electron chi connectivity index (χ4n) is 3.96. The third-order valence-corrected chi connectivity index (χ3v) is 8.10. The van der Waals surface area contributed by atoms with Gasteiger partial charge >= 0.3 is 0 Å². The highest BCUT2D eigenvalue weighted by Crippen LogP contribution is 2.30. The number of aromatic nitrogens is 2. The molecule has 0 aliphatic carbocycles. The lowest BCUT2D eigenvalue weighted by atomic mass is 10.2. The molecular formula is C30H32N4O2S2. The van der Waals surface area contributed by atoms with Crippen LogP contribution in [-0.4, -0.2) is 56.2 Å². The minimum absolute atomic E-state index is 0.0448. The van der Waals surface area contributed by atoms with Crippen LogP contribution in [0, 0.1) is 0 Å². The summed E-state index contributed by atoms with van der Waals surface area (Å²) in [6.07, 6.45) is 0. The second-order valence-electron chi connectivity index (χ2n) is 8.69. The summed E-state index contributed by atoms with van der Waals surface area (Å²) in [4.78, 5) is 39.5. The van der Waals surface area contributed by atoms with Gasteiger partial charge in [0.05, 0.1) is 22.5 Å². The average molecular weight is 545 g/mol. The minimum Gasteiger partial charge on any atom is -0.338 e. The largest absolute Gasteiger partial charge is 0.338 e. The van der Waals surface area contributed by atoms with Crippen LogP contribution < -0.4 is 0 Å². The van der Waals surface area contributed by atoms with Gasteiger partial charge in [0, 0.05) is 26.2 Å². The van der Waals surface area contributed by atoms with Crippen molar-refractivity contribution >= 4 is 46.4 Å². The molecule has 8 heteroatoms. The van der Waals surface area contributed by atoms with Crippen molar-refractivity contribution < 1.29 is 9.59 Å². The van der Waals surface area contributed by atoms with Crippen LogP contribution in [0.25, 0.3) is 11.0 Å². The summed E-state index contributed by atoms with van der Waals surface area (Å²) in [5, 5.41) is 1.36. The van der Waals surface area contributed by atoms with Crippen molar-refractivity contribution in [2.75, 3.05) is 24.6 Å². The quantitative estimate of drug-likeness (QED) is 0.207. The first-order chi connectivity index (χ1) is 18.6. The van der Waals surface area contributed by atoms with Crippen molar-refractivity contribution in [3.63, 3.8) is 0 Å². The predicted octanol–water partition coefficient (Wildman–Crippen LogP) is 5.91. The summed E-state index contributed by atoms with van der Waals surface area (Å²) in [7, 11) is 0. The van der Waals surface area contributed by atoms with E-state index in [1.807, 2.05) is 109 Å². The van der Waals surface area contributed by atoms with Gasteiger partial charge in [0.2, 0.25) is 11.8 Å². The third kappa shape index (κ3) is 7.58. The van der Waals surface area contributed by atoms with E-state index in [0.717, 1.165) is 22.2 Å². The second kappa shape index (κ2) is 14.0. The zero-order valence-corrected chi connectivity index (χ0v) is 23.4. The highest BCUT2D eigenvalue weighted by Gasteiger charge is 2.19. The van der Waals surface area contributed by atoms with Crippen molar-refractivity contribution in [3.05, 3.63) is 96.1 Å². The number of hydrogen-bond donors (Lipinski definition) is 0. The molecule has 1 heterocycles. The van der Waals surface area contributed by atoms with E-state index in [9.17, 15) is 9.59 Å². The Kier molecular flexibility index (Phi) is 10.2. The van der Waals surface area contributed by atoms with E-state index >= 15 is 0 Å². The highest BCUT2D eigenvalue weighted by atomic mass is 32.2. The molecule has 196 valence electrons. The molecule has 0 saturated carbocycles. The SMILES string of the molecule is CCN(Cc1ccccc1)C(=O)CSc1nc2ccccc2nc1SCC(=O)N(CC)Cc1ccccc1. The van der Waals surface area contributed by atoms with Gasteiger partial charge in [-0.1, -0.05) is 96.3 Å². The monoisotopic (exact) mass is 544 g/mol. The Labute approximate surface area is 232 Å². The van der Waals surface area contributed by atoms with E-state index in [1.165, 1.54) is 23.5 Å². The molecule has 1 aromatic heterocycles. The molecule has 3 aromatic carbocycles. The number of amides is 2. The van der Waals surface area contributed by atoms with E-state index in [0.29, 0.717) is 36.2 Å². The Balaban J connectivity index is 1.45. The molecule has 2 amide bonds. The molecule has 0 spiro atoms. The molecule has 0 bridgehead atoms. The Hall–Kier alpha value is -3.36. The zero-order valence-electron chi connectivity index (χ0n) is 21.7. The Morgan fingerprint density at radius 3 is 1.34 bits per heavy atom. The van der Waals surface area contributed by atoms with Crippen LogP contribution in [0.15, 0.2) is 95.0 Å². The predicted molar refractivity (Wildman–Crippen MR) is 156 cm³/mol. The van der Waals surface area contributed by atoms with Crippen LogP contribution in [0.1, 0.15) is 25.0 Å². The van der Waals surface area contributed by atoms with Gasteiger partial charge in [-0.3, -0.25) is 9.59 Å². The summed E-state index contributed by atoms with van der Waals surface area (Å²) < 4.78 is 0. The summed E-state index contributed by atoms with van der Waals surface area (Å²) in [5.41, 5.74) is 3.75. The van der Waals surface area contributed by atoms with Crippen LogP contribution in [0.3, 0.4) is 0 Å². The number of carbonyl (C=O) groups is 2. The highest BCUT2D eigenvalue weighted by molar-refractivity contribution is 8.02. The fraction of sp³-hybridized carbons (Fsp3) is 0.267. The summed E-state index contributed by atoms with van der Waals surface area (Å²) in [6.45, 7) is 6.38. The smallest absolute Gasteiger partial charge is 0.233 e. The van der Waals surface area contributed by atoms with Crippen LogP contribution in [0.2, 0.25) is 0 Å². The van der Waals surface area contributed by atoms with Crippen molar-refractivity contribution in [1.82, 2.24) is 19.8 Å². The first-order valence-corrected chi connectivity index (χ1v) is 14.7. The average Bonchev–Trinajstić information content (AvgIpc) is 2.97. The number of nitrogens with zero attached hydrogens (tertiary/aromatic N) is 4. The van der Waals surface area contributed by atoms with Gasteiger partial charge in [0.1, 0.15) is 10.1 Å². The van der Waals surface area contributed by atoms with E-state index in [2.05, 4.69) is 0 Å². The summed E-state index contributed by atoms with van der Waals surface area (Å²) in [5.74, 6) is 0.598. The standard InChI is InChI=1S/C30H32N4O2S2/c1-3-33(19-23-13-7-5-8-14-23)27(35)21-37-29-30(32-26-18-12-11-17-25(26)31-29)38-22-28(36)34(4-2)20-24-15-9-6-10-16-24/h5-18H,3-4,19-22H2,1-2H3. The molecule has 0 radical (unpaired) electrons. The van der Waals surface area contributed by atoms with Crippen LogP contribution >= 0.6 is 23.5 Å². The van der Waals surface area contributed by atoms with E-state index in [-0.39, 0.29) is 23.3 Å². The second-order valence-corrected chi connectivity index (χ2v) is 10.6. The van der Waals surface area contributed by atoms with E-state index in [4.69, 9.17) is 9.97 Å². The number of thioether (sulfide) groups is 2. The first-order valence-electron chi connectivity index (χ1n) is 12.7. The summed E-state index contributed by atoms with van der Waals surface area (Å²) >= 11 is 2.76. The fourth-order valence-corrected chi connectivity index (χ4v) is 5.86. The Morgan fingerprint density at radius 2 is 0.974 bits per heavy atom. The normalized spacial score (nSPS) is 10.9. The first kappa shape index (κ1) is 27.7. The maximum absolute atomic E-state index is 13.1. The lowest BCUT2D eigenvalue weighted by Gasteiger charge is -2.21. The third-order valence-electron chi connectivity index (χ3n) is 6.07. The topological polar surface area (TPSA) is 66.4 Å². The number of benzene rings is 3. The number of hydrogen-bond acceptors (Lipinski definition) is 6. The Morgan fingerprint density at radius 1 is 0.605 bits per heavy atom. The molecular weight excluding hydrogens is 512 g/mol. The molecule has 0 atom stereocenters. The number of fused-ring (bicyclic) bond motifs is 1. The van der Waals surface area contributed by atoms with Gasteiger partial charge in [-0.25, -0.2) is 9.97 Å². The van der Waals surface area contributed by atoms with Crippen LogP contribution in [0.5, 0.6) is 0 Å². The number of carbonyl (C=O) groups excluding carboxylic acids is 2. The minimum atomic E-state index is 0.0448. The lowest BCUT2D eigenvalue weighted by molar-refractivity contribution is -0.129. The number of rotatable bonds is 12. The zero-order chi connectivity index (χ0) is 26.7. The van der Waals surface area contributed by atoms with E-state index < -0.39 is 0 Å². The maximum Gasteiger partial charge on any atom is 0.233 e. The summed E-state index contributed by atoms with van der Waals surface area (Å²) in [6, 6.07) is 27.7. The molecule has 38 heavy (non-hydrogen) atoms. The van der Waals surface area contributed by atoms with Crippen LogP contribution in [-0.2, 0) is 22.7 Å². The molecule has 4 rings (SSSR count). The molecule has 0 aliphatic rings. The molecule has 0 saturated heterocycles. The van der Waals surface area contributed by atoms with Gasteiger partial charge in [-0.05, 0) is 37.1 Å². The molecule has 0 fully saturated rings. The number of para-hydroxylation sites is 2. The molecule has 0 aliphatic heterocycles. The molecule has 0 unspecified atom stereocenters.